The predicted molar refractivity (Wildman–Crippen MR) is 103 cm³/mol. The maximum Gasteiger partial charge on any atom is 0.154 e. The zero-order chi connectivity index (χ0) is 18.6. The fraction of sp³-hybridized carbons (Fsp3) is 0.333. The number of nitrogens with zero attached hydrogens (tertiary/aromatic N) is 1. The average molecular weight is 365 g/mol. The summed E-state index contributed by atoms with van der Waals surface area (Å²) in [7, 11) is 0. The summed E-state index contributed by atoms with van der Waals surface area (Å²) in [5.41, 5.74) is 7.77. The first-order valence-corrected chi connectivity index (χ1v) is 9.26. The van der Waals surface area contributed by atoms with Crippen molar-refractivity contribution in [2.45, 2.75) is 25.3 Å². The first kappa shape index (κ1) is 17.7. The number of aromatic amines is 1. The van der Waals surface area contributed by atoms with Crippen LogP contribution in [0.15, 0.2) is 48.8 Å². The summed E-state index contributed by atoms with van der Waals surface area (Å²) in [4.78, 5) is 19.8. The van der Waals surface area contributed by atoms with E-state index in [9.17, 15) is 4.79 Å². The second-order valence-electron chi connectivity index (χ2n) is 6.92. The van der Waals surface area contributed by atoms with Gasteiger partial charge in [-0.2, -0.15) is 0 Å². The van der Waals surface area contributed by atoms with Crippen LogP contribution in [-0.2, 0) is 9.53 Å². The van der Waals surface area contributed by atoms with E-state index in [2.05, 4.69) is 9.97 Å². The Labute approximate surface area is 157 Å². The van der Waals surface area contributed by atoms with Gasteiger partial charge in [-0.1, -0.05) is 12.1 Å². The van der Waals surface area contributed by atoms with E-state index < -0.39 is 6.04 Å². The van der Waals surface area contributed by atoms with Crippen LogP contribution in [0.5, 0.6) is 11.5 Å². The van der Waals surface area contributed by atoms with Crippen molar-refractivity contribution in [3.8, 4) is 11.5 Å². The van der Waals surface area contributed by atoms with Crippen molar-refractivity contribution in [1.29, 1.82) is 0 Å². The SMILES string of the molecule is NC(C(=O)CC1CCOCC1)c1ccc(Oc2ccnc3[nH]ccc23)cc1. The van der Waals surface area contributed by atoms with Gasteiger partial charge in [-0.05, 0) is 48.6 Å². The number of Topliss-reactive ketones (excluding diaryl/α,β-unsaturated/α-hetero) is 1. The Hall–Kier alpha value is -2.70. The smallest absolute Gasteiger partial charge is 0.154 e. The highest BCUT2D eigenvalue weighted by Crippen LogP contribution is 2.29. The number of nitrogens with two attached hydrogens (primary N) is 1. The standard InChI is InChI=1S/C21H23N3O3/c22-20(18(25)13-14-7-11-26-12-8-14)15-1-3-16(4-2-15)27-19-6-10-24-21-17(19)5-9-23-21/h1-6,9-10,14,20H,7-8,11-13,22H2,(H,23,24). The van der Waals surface area contributed by atoms with Gasteiger partial charge in [0.15, 0.2) is 5.78 Å². The molecule has 0 radical (unpaired) electrons. The van der Waals surface area contributed by atoms with Gasteiger partial charge in [0.05, 0.1) is 11.4 Å². The molecule has 0 spiro atoms. The molecule has 0 bridgehead atoms. The number of nitrogens with one attached hydrogen (secondary N) is 1. The van der Waals surface area contributed by atoms with E-state index in [1.807, 2.05) is 42.6 Å². The van der Waals surface area contributed by atoms with E-state index in [-0.39, 0.29) is 5.78 Å². The van der Waals surface area contributed by atoms with Gasteiger partial charge in [-0.15, -0.1) is 0 Å². The monoisotopic (exact) mass is 365 g/mol. The molecule has 0 saturated carbocycles. The maximum absolute atomic E-state index is 12.5. The molecule has 1 aliphatic rings. The first-order chi connectivity index (χ1) is 13.2. The minimum absolute atomic E-state index is 0.0822. The molecule has 140 valence electrons. The largest absolute Gasteiger partial charge is 0.457 e. The average Bonchev–Trinajstić information content (AvgIpc) is 3.19. The molecule has 1 unspecified atom stereocenters. The van der Waals surface area contributed by atoms with Crippen LogP contribution in [0.3, 0.4) is 0 Å². The van der Waals surface area contributed by atoms with Gasteiger partial charge >= 0.3 is 0 Å². The molecule has 1 fully saturated rings. The maximum atomic E-state index is 12.5. The zero-order valence-electron chi connectivity index (χ0n) is 15.1. The summed E-state index contributed by atoms with van der Waals surface area (Å²) in [6.45, 7) is 1.48. The zero-order valence-corrected chi connectivity index (χ0v) is 15.1. The lowest BCUT2D eigenvalue weighted by molar-refractivity contribution is -0.122. The fourth-order valence-corrected chi connectivity index (χ4v) is 3.44. The molecule has 1 aromatic carbocycles. The van der Waals surface area contributed by atoms with Gasteiger partial charge in [0.1, 0.15) is 17.1 Å². The third kappa shape index (κ3) is 4.02. The number of rotatable bonds is 6. The van der Waals surface area contributed by atoms with E-state index in [0.29, 0.717) is 18.1 Å². The van der Waals surface area contributed by atoms with Crippen LogP contribution >= 0.6 is 0 Å². The Balaban J connectivity index is 1.42. The number of carbonyl (C=O) groups excluding carboxylic acids is 1. The number of ether oxygens (including phenoxy) is 2. The van der Waals surface area contributed by atoms with Crippen molar-refractivity contribution in [2.24, 2.45) is 11.7 Å². The molecule has 3 N–H and O–H groups in total. The second-order valence-corrected chi connectivity index (χ2v) is 6.92. The number of H-pyrrole nitrogens is 1. The molecule has 0 amide bonds. The number of aromatic nitrogens is 2. The highest BCUT2D eigenvalue weighted by molar-refractivity contribution is 5.85. The molecule has 1 atom stereocenters. The summed E-state index contributed by atoms with van der Waals surface area (Å²) in [5.74, 6) is 1.89. The molecule has 0 aliphatic carbocycles. The Bertz CT molecular complexity index is 914. The summed E-state index contributed by atoms with van der Waals surface area (Å²) in [6, 6.07) is 10.6. The van der Waals surface area contributed by atoms with Crippen LogP contribution in [-0.4, -0.2) is 29.0 Å². The van der Waals surface area contributed by atoms with Crippen LogP contribution < -0.4 is 10.5 Å². The van der Waals surface area contributed by atoms with Crippen molar-refractivity contribution >= 4 is 16.8 Å². The second kappa shape index (κ2) is 7.90. The molecule has 27 heavy (non-hydrogen) atoms. The topological polar surface area (TPSA) is 90.2 Å². The number of ketones is 1. The number of pyridine rings is 1. The number of hydrogen-bond acceptors (Lipinski definition) is 5. The van der Waals surface area contributed by atoms with E-state index in [4.69, 9.17) is 15.2 Å². The van der Waals surface area contributed by atoms with Gasteiger partial charge < -0.3 is 20.2 Å². The van der Waals surface area contributed by atoms with Gasteiger partial charge in [0.2, 0.25) is 0 Å². The Kier molecular flexibility index (Phi) is 5.18. The normalized spacial score (nSPS) is 16.3. The Morgan fingerprint density at radius 2 is 2.00 bits per heavy atom. The quantitative estimate of drug-likeness (QED) is 0.694. The molecule has 3 aromatic rings. The van der Waals surface area contributed by atoms with Crippen LogP contribution in [0.4, 0.5) is 0 Å². The van der Waals surface area contributed by atoms with Crippen molar-refractivity contribution < 1.29 is 14.3 Å². The van der Waals surface area contributed by atoms with Crippen LogP contribution in [0.2, 0.25) is 0 Å². The highest BCUT2D eigenvalue weighted by atomic mass is 16.5. The summed E-state index contributed by atoms with van der Waals surface area (Å²) < 4.78 is 11.3. The minimum Gasteiger partial charge on any atom is -0.457 e. The van der Waals surface area contributed by atoms with Crippen LogP contribution in [0, 0.1) is 5.92 Å². The minimum atomic E-state index is -0.598. The molecule has 1 saturated heterocycles. The molecule has 1 aliphatic heterocycles. The van der Waals surface area contributed by atoms with Crippen molar-refractivity contribution in [2.75, 3.05) is 13.2 Å². The summed E-state index contributed by atoms with van der Waals surface area (Å²) in [6.07, 6.45) is 5.92. The molecule has 3 heterocycles. The van der Waals surface area contributed by atoms with Gasteiger partial charge in [0, 0.05) is 32.0 Å². The molecule has 6 nitrogen and oxygen atoms in total. The molecule has 4 rings (SSSR count). The number of benzene rings is 1. The molecule has 6 heteroatoms. The van der Waals surface area contributed by atoms with E-state index in [1.54, 1.807) is 6.20 Å². The number of fused-ring (bicyclic) bond motifs is 1. The lowest BCUT2D eigenvalue weighted by Crippen LogP contribution is -2.26. The van der Waals surface area contributed by atoms with Crippen molar-refractivity contribution in [3.63, 3.8) is 0 Å². The lowest BCUT2D eigenvalue weighted by Gasteiger charge is -2.22. The van der Waals surface area contributed by atoms with Gasteiger partial charge in [0.25, 0.3) is 0 Å². The van der Waals surface area contributed by atoms with E-state index >= 15 is 0 Å². The van der Waals surface area contributed by atoms with Crippen molar-refractivity contribution in [1.82, 2.24) is 9.97 Å². The van der Waals surface area contributed by atoms with Crippen LogP contribution in [0.25, 0.3) is 11.0 Å². The third-order valence-corrected chi connectivity index (χ3v) is 5.06. The number of hydrogen-bond donors (Lipinski definition) is 2. The third-order valence-electron chi connectivity index (χ3n) is 5.06. The number of carbonyl (C=O) groups is 1. The fourth-order valence-electron chi connectivity index (χ4n) is 3.44. The summed E-state index contributed by atoms with van der Waals surface area (Å²) >= 11 is 0. The summed E-state index contributed by atoms with van der Waals surface area (Å²) in [5, 5.41) is 0.921. The lowest BCUT2D eigenvalue weighted by atomic mass is 9.90. The highest BCUT2D eigenvalue weighted by Gasteiger charge is 2.22. The van der Waals surface area contributed by atoms with E-state index in [1.165, 1.54) is 0 Å². The molecule has 2 aromatic heterocycles. The molecular formula is C21H23N3O3. The van der Waals surface area contributed by atoms with Crippen LogP contribution in [0.1, 0.15) is 30.9 Å². The molecular weight excluding hydrogens is 342 g/mol. The first-order valence-electron chi connectivity index (χ1n) is 9.26. The van der Waals surface area contributed by atoms with Gasteiger partial charge in [-0.3, -0.25) is 4.79 Å². The van der Waals surface area contributed by atoms with Gasteiger partial charge in [-0.25, -0.2) is 4.98 Å². The van der Waals surface area contributed by atoms with Crippen molar-refractivity contribution in [3.05, 3.63) is 54.4 Å². The Morgan fingerprint density at radius 1 is 1.22 bits per heavy atom. The Morgan fingerprint density at radius 3 is 2.78 bits per heavy atom. The predicted octanol–water partition coefficient (Wildman–Crippen LogP) is 3.74. The van der Waals surface area contributed by atoms with E-state index in [0.717, 1.165) is 48.4 Å².